The number of rotatable bonds is 7. The number of aromatic hydroxyl groups is 1. The molecule has 0 atom stereocenters. The smallest absolute Gasteiger partial charge is 0.121 e. The summed E-state index contributed by atoms with van der Waals surface area (Å²) < 4.78 is 0. The summed E-state index contributed by atoms with van der Waals surface area (Å²) in [4.78, 5) is 0. The third kappa shape index (κ3) is 4.47. The van der Waals surface area contributed by atoms with Crippen molar-refractivity contribution in [1.82, 2.24) is 5.32 Å². The zero-order valence-electron chi connectivity index (χ0n) is 9.08. The van der Waals surface area contributed by atoms with Crippen LogP contribution in [0, 0.1) is 0 Å². The molecule has 0 fully saturated rings. The van der Waals surface area contributed by atoms with Crippen LogP contribution in [0.3, 0.4) is 0 Å². The van der Waals surface area contributed by atoms with Crippen molar-refractivity contribution in [2.24, 2.45) is 0 Å². The third-order valence-electron chi connectivity index (χ3n) is 2.05. The molecule has 1 rings (SSSR count). The van der Waals surface area contributed by atoms with E-state index in [2.05, 4.69) is 11.9 Å². The summed E-state index contributed by atoms with van der Waals surface area (Å²) in [5, 5.41) is 13.4. The Bertz CT molecular complexity index is 324. The molecular weight excluding hydrogens is 242 g/mol. The molecule has 0 radical (unpaired) electrons. The number of phenolic OH excluding ortho intramolecular Hbond substituents is 1. The van der Waals surface area contributed by atoms with E-state index < -0.39 is 0 Å². The lowest BCUT2D eigenvalue weighted by molar-refractivity contribution is 0.465. The van der Waals surface area contributed by atoms with Gasteiger partial charge in [-0.1, -0.05) is 23.7 Å². The molecule has 0 bridgehead atoms. The Balaban J connectivity index is 2.29. The summed E-state index contributed by atoms with van der Waals surface area (Å²) in [5.41, 5.74) is 0.762. The average molecular weight is 258 g/mol. The molecule has 1 aromatic carbocycles. The second-order valence-electron chi connectivity index (χ2n) is 3.28. The van der Waals surface area contributed by atoms with Crippen LogP contribution in [0.2, 0.25) is 5.02 Å². The average Bonchev–Trinajstić information content (AvgIpc) is 2.26. The van der Waals surface area contributed by atoms with Crippen LogP contribution < -0.4 is 5.32 Å². The minimum absolute atomic E-state index is 0.249. The largest absolute Gasteiger partial charge is 0.508 e. The fourth-order valence-electron chi connectivity index (χ4n) is 1.25. The molecule has 0 aliphatic rings. The molecule has 0 saturated carbocycles. The lowest BCUT2D eigenvalue weighted by atomic mass is 10.2. The molecule has 1 aromatic rings. The van der Waals surface area contributed by atoms with E-state index in [1.54, 1.807) is 18.2 Å². The van der Waals surface area contributed by atoms with E-state index in [0.717, 1.165) is 23.6 Å². The zero-order valence-corrected chi connectivity index (χ0v) is 10.7. The lowest BCUT2D eigenvalue weighted by Crippen LogP contribution is -2.17. The predicted molar refractivity (Wildman–Crippen MR) is 72.3 cm³/mol. The molecule has 2 nitrogen and oxygen atoms in total. The molecule has 0 heterocycles. The Kier molecular flexibility index (Phi) is 6.38. The second-order valence-corrected chi connectivity index (χ2v) is 4.83. The molecule has 0 aromatic heterocycles. The van der Waals surface area contributed by atoms with E-state index in [4.69, 9.17) is 11.6 Å². The van der Waals surface area contributed by atoms with Gasteiger partial charge in [0.2, 0.25) is 0 Å². The Hall–Kier alpha value is -0.640. The van der Waals surface area contributed by atoms with Gasteiger partial charge in [0, 0.05) is 35.2 Å². The van der Waals surface area contributed by atoms with Gasteiger partial charge in [0.25, 0.3) is 0 Å². The first-order valence-corrected chi connectivity index (χ1v) is 6.64. The first-order valence-electron chi connectivity index (χ1n) is 5.11. The molecule has 4 heteroatoms. The van der Waals surface area contributed by atoms with Gasteiger partial charge >= 0.3 is 0 Å². The van der Waals surface area contributed by atoms with Crippen LogP contribution in [0.25, 0.3) is 0 Å². The fourth-order valence-corrected chi connectivity index (χ4v) is 2.11. The van der Waals surface area contributed by atoms with E-state index in [-0.39, 0.29) is 5.75 Å². The van der Waals surface area contributed by atoms with Crippen molar-refractivity contribution in [3.63, 3.8) is 0 Å². The highest BCUT2D eigenvalue weighted by molar-refractivity contribution is 7.99. The molecule has 0 aliphatic carbocycles. The minimum Gasteiger partial charge on any atom is -0.508 e. The number of hydrogen-bond donors (Lipinski definition) is 2. The number of benzene rings is 1. The first kappa shape index (κ1) is 13.4. The molecule has 0 saturated heterocycles. The van der Waals surface area contributed by atoms with Gasteiger partial charge in [0.1, 0.15) is 5.75 Å². The van der Waals surface area contributed by atoms with Crippen LogP contribution in [-0.4, -0.2) is 23.2 Å². The highest BCUT2D eigenvalue weighted by atomic mass is 35.5. The fraction of sp³-hybridized carbons (Fsp3) is 0.333. The number of thioether (sulfide) groups is 1. The number of nitrogens with one attached hydrogen (secondary N) is 1. The van der Waals surface area contributed by atoms with Crippen molar-refractivity contribution in [1.29, 1.82) is 0 Å². The van der Waals surface area contributed by atoms with Crippen LogP contribution in [-0.2, 0) is 6.54 Å². The maximum atomic E-state index is 9.59. The van der Waals surface area contributed by atoms with Gasteiger partial charge in [-0.15, -0.1) is 6.58 Å². The summed E-state index contributed by atoms with van der Waals surface area (Å²) in [6, 6.07) is 5.17. The lowest BCUT2D eigenvalue weighted by Gasteiger charge is -2.08. The summed E-state index contributed by atoms with van der Waals surface area (Å²) in [6.45, 7) is 5.15. The molecule has 0 amide bonds. The van der Waals surface area contributed by atoms with Gasteiger partial charge in [0.05, 0.1) is 0 Å². The Morgan fingerprint density at radius 2 is 2.31 bits per heavy atom. The van der Waals surface area contributed by atoms with E-state index in [1.807, 2.05) is 17.8 Å². The van der Waals surface area contributed by atoms with Crippen molar-refractivity contribution in [3.8, 4) is 5.75 Å². The Morgan fingerprint density at radius 1 is 1.50 bits per heavy atom. The monoisotopic (exact) mass is 257 g/mol. The van der Waals surface area contributed by atoms with Gasteiger partial charge in [-0.05, 0) is 12.1 Å². The van der Waals surface area contributed by atoms with Crippen molar-refractivity contribution in [2.45, 2.75) is 6.54 Å². The number of hydrogen-bond acceptors (Lipinski definition) is 3. The van der Waals surface area contributed by atoms with Crippen molar-refractivity contribution < 1.29 is 5.11 Å². The number of halogens is 1. The minimum atomic E-state index is 0.249. The Labute approximate surface area is 106 Å². The summed E-state index contributed by atoms with van der Waals surface area (Å²) in [7, 11) is 0. The van der Waals surface area contributed by atoms with Gasteiger partial charge in [-0.2, -0.15) is 11.8 Å². The predicted octanol–water partition coefficient (Wildman–Crippen LogP) is 3.05. The van der Waals surface area contributed by atoms with Gasteiger partial charge < -0.3 is 10.4 Å². The molecule has 16 heavy (non-hydrogen) atoms. The van der Waals surface area contributed by atoms with Gasteiger partial charge in [0.15, 0.2) is 0 Å². The summed E-state index contributed by atoms with van der Waals surface area (Å²) >= 11 is 7.79. The molecule has 0 aliphatic heterocycles. The molecule has 2 N–H and O–H groups in total. The highest BCUT2D eigenvalue weighted by Crippen LogP contribution is 2.24. The summed E-state index contributed by atoms with van der Waals surface area (Å²) in [5.74, 6) is 2.25. The van der Waals surface area contributed by atoms with E-state index >= 15 is 0 Å². The highest BCUT2D eigenvalue weighted by Gasteiger charge is 2.04. The van der Waals surface area contributed by atoms with E-state index in [9.17, 15) is 5.11 Å². The van der Waals surface area contributed by atoms with E-state index in [1.165, 1.54) is 0 Å². The normalized spacial score (nSPS) is 10.3. The molecular formula is C12H16ClNOS. The third-order valence-corrected chi connectivity index (χ3v) is 3.37. The molecule has 0 spiro atoms. The zero-order chi connectivity index (χ0) is 11.8. The number of phenols is 1. The van der Waals surface area contributed by atoms with Crippen LogP contribution in [0.15, 0.2) is 30.9 Å². The molecule has 88 valence electrons. The second kappa shape index (κ2) is 7.60. The van der Waals surface area contributed by atoms with Crippen LogP contribution in [0.5, 0.6) is 5.75 Å². The van der Waals surface area contributed by atoms with Crippen molar-refractivity contribution >= 4 is 23.4 Å². The van der Waals surface area contributed by atoms with Crippen LogP contribution >= 0.6 is 23.4 Å². The van der Waals surface area contributed by atoms with Crippen LogP contribution in [0.1, 0.15) is 5.56 Å². The first-order chi connectivity index (χ1) is 7.75. The van der Waals surface area contributed by atoms with Crippen LogP contribution in [0.4, 0.5) is 0 Å². The van der Waals surface area contributed by atoms with E-state index in [0.29, 0.717) is 11.6 Å². The van der Waals surface area contributed by atoms with Crippen molar-refractivity contribution in [3.05, 3.63) is 41.4 Å². The quantitative estimate of drug-likeness (QED) is 0.582. The van der Waals surface area contributed by atoms with Gasteiger partial charge in [-0.25, -0.2) is 0 Å². The Morgan fingerprint density at radius 3 is 3.00 bits per heavy atom. The molecule has 0 unspecified atom stereocenters. The topological polar surface area (TPSA) is 32.3 Å². The van der Waals surface area contributed by atoms with Gasteiger partial charge in [-0.3, -0.25) is 0 Å². The SMILES string of the molecule is C=CCSCCNCc1c(O)cccc1Cl. The maximum Gasteiger partial charge on any atom is 0.121 e. The maximum absolute atomic E-state index is 9.59. The van der Waals surface area contributed by atoms with Crippen molar-refractivity contribution in [2.75, 3.05) is 18.1 Å². The summed E-state index contributed by atoms with van der Waals surface area (Å²) in [6.07, 6.45) is 1.89. The standard InChI is InChI=1S/C12H16ClNOS/c1-2-7-16-8-6-14-9-10-11(13)4-3-5-12(10)15/h2-5,14-15H,1,6-9H2.